The van der Waals surface area contributed by atoms with Crippen molar-refractivity contribution in [2.45, 2.75) is 18.8 Å². The molecule has 0 aliphatic carbocycles. The molecule has 7 heteroatoms. The molecule has 1 N–H and O–H groups in total. The number of hydrogen-bond donors (Lipinski definition) is 1. The molecule has 0 saturated carbocycles. The number of nitro groups is 1. The predicted molar refractivity (Wildman–Crippen MR) is 107 cm³/mol. The van der Waals surface area contributed by atoms with E-state index in [9.17, 15) is 14.9 Å². The number of carbonyl (C=O) groups excluding carboxylic acids is 1. The Morgan fingerprint density at radius 1 is 1.21 bits per heavy atom. The van der Waals surface area contributed by atoms with Crippen molar-refractivity contribution < 1.29 is 14.5 Å². The van der Waals surface area contributed by atoms with E-state index in [-0.39, 0.29) is 11.3 Å². The number of fused-ring (bicyclic) bond motifs is 1. The monoisotopic (exact) mass is 379 g/mol. The highest BCUT2D eigenvalue weighted by molar-refractivity contribution is 5.95. The van der Waals surface area contributed by atoms with E-state index in [4.69, 9.17) is 4.74 Å². The van der Waals surface area contributed by atoms with Gasteiger partial charge in [-0.25, -0.2) is 4.79 Å². The Labute approximate surface area is 162 Å². The van der Waals surface area contributed by atoms with E-state index in [1.807, 2.05) is 6.07 Å². The second kappa shape index (κ2) is 7.34. The quantitative estimate of drug-likeness (QED) is 0.416. The molecule has 0 amide bonds. The van der Waals surface area contributed by atoms with Crippen LogP contribution in [0.2, 0.25) is 0 Å². The summed E-state index contributed by atoms with van der Waals surface area (Å²) in [6.07, 6.45) is 4.06. The lowest BCUT2D eigenvalue weighted by molar-refractivity contribution is -0.385. The van der Waals surface area contributed by atoms with Gasteiger partial charge in [0.2, 0.25) is 0 Å². The van der Waals surface area contributed by atoms with Crippen molar-refractivity contribution >= 4 is 28.2 Å². The summed E-state index contributed by atoms with van der Waals surface area (Å²) in [6, 6.07) is 13.0. The molecule has 1 aromatic heterocycles. The van der Waals surface area contributed by atoms with Gasteiger partial charge in [-0.3, -0.25) is 10.1 Å². The van der Waals surface area contributed by atoms with E-state index in [0.29, 0.717) is 5.92 Å². The Hall–Kier alpha value is -3.35. The van der Waals surface area contributed by atoms with Crippen molar-refractivity contribution in [2.75, 3.05) is 25.1 Å². The highest BCUT2D eigenvalue weighted by Gasteiger charge is 2.26. The number of aromatic nitrogens is 1. The topological polar surface area (TPSA) is 88.5 Å². The van der Waals surface area contributed by atoms with Crippen LogP contribution in [0, 0.1) is 10.1 Å². The number of nitrogens with one attached hydrogen (secondary N) is 1. The Morgan fingerprint density at radius 2 is 1.96 bits per heavy atom. The first kappa shape index (κ1) is 18.0. The van der Waals surface area contributed by atoms with Crippen molar-refractivity contribution in [3.63, 3.8) is 0 Å². The number of ether oxygens (including phenoxy) is 1. The van der Waals surface area contributed by atoms with Crippen molar-refractivity contribution in [1.29, 1.82) is 0 Å². The molecular weight excluding hydrogens is 358 g/mol. The van der Waals surface area contributed by atoms with Gasteiger partial charge < -0.3 is 14.6 Å². The summed E-state index contributed by atoms with van der Waals surface area (Å²) in [4.78, 5) is 28.1. The van der Waals surface area contributed by atoms with Gasteiger partial charge in [0.25, 0.3) is 5.69 Å². The molecule has 3 aromatic rings. The lowest BCUT2D eigenvalue weighted by atomic mass is 9.89. The molecule has 1 aliphatic rings. The number of methoxy groups -OCH3 is 1. The molecular formula is C21H21N3O4. The van der Waals surface area contributed by atoms with Gasteiger partial charge in [-0.2, -0.15) is 0 Å². The number of benzene rings is 2. The standard InChI is InChI=1S/C21H21N3O4/c1-28-21(25)17-12-15(6-7-20(17)24(26)27)23-10-8-14(9-11-23)18-13-22-19-5-3-2-4-16(18)19/h2-7,12-14,22H,8-11H2,1H3. The Kier molecular flexibility index (Phi) is 4.73. The maximum absolute atomic E-state index is 12.0. The molecule has 0 spiro atoms. The van der Waals surface area contributed by atoms with E-state index < -0.39 is 10.9 Å². The lowest BCUT2D eigenvalue weighted by Crippen LogP contribution is -2.33. The summed E-state index contributed by atoms with van der Waals surface area (Å²) >= 11 is 0. The third-order valence-electron chi connectivity index (χ3n) is 5.50. The Bertz CT molecular complexity index is 1040. The third kappa shape index (κ3) is 3.19. The average Bonchev–Trinajstić information content (AvgIpc) is 3.17. The van der Waals surface area contributed by atoms with Gasteiger partial charge in [-0.15, -0.1) is 0 Å². The molecule has 0 atom stereocenters. The fourth-order valence-corrected chi connectivity index (χ4v) is 4.03. The summed E-state index contributed by atoms with van der Waals surface area (Å²) < 4.78 is 4.71. The minimum Gasteiger partial charge on any atom is -0.465 e. The molecule has 0 unspecified atom stereocenters. The van der Waals surface area contributed by atoms with E-state index in [1.54, 1.807) is 12.1 Å². The lowest BCUT2D eigenvalue weighted by Gasteiger charge is -2.33. The summed E-state index contributed by atoms with van der Waals surface area (Å²) in [5.41, 5.74) is 3.06. The van der Waals surface area contributed by atoms with Crippen LogP contribution in [-0.4, -0.2) is 36.1 Å². The summed E-state index contributed by atoms with van der Waals surface area (Å²) in [5, 5.41) is 12.5. The van der Waals surface area contributed by atoms with Crippen LogP contribution in [0.15, 0.2) is 48.7 Å². The number of nitro benzene ring substituents is 1. The summed E-state index contributed by atoms with van der Waals surface area (Å²) in [5.74, 6) is -0.229. The van der Waals surface area contributed by atoms with Crippen LogP contribution in [0.5, 0.6) is 0 Å². The second-order valence-electron chi connectivity index (χ2n) is 7.00. The normalized spacial score (nSPS) is 15.0. The average molecular weight is 379 g/mol. The number of piperidine rings is 1. The van der Waals surface area contributed by atoms with Gasteiger partial charge in [-0.1, -0.05) is 18.2 Å². The molecule has 0 bridgehead atoms. The van der Waals surface area contributed by atoms with Crippen LogP contribution in [-0.2, 0) is 4.74 Å². The van der Waals surface area contributed by atoms with Crippen LogP contribution in [0.4, 0.5) is 11.4 Å². The molecule has 144 valence electrons. The van der Waals surface area contributed by atoms with Gasteiger partial charge in [0.15, 0.2) is 0 Å². The van der Waals surface area contributed by atoms with Crippen LogP contribution in [0.1, 0.15) is 34.7 Å². The number of aromatic amines is 1. The molecule has 1 aliphatic heterocycles. The SMILES string of the molecule is COC(=O)c1cc(N2CCC(c3c[nH]c4ccccc34)CC2)ccc1[N+](=O)[O-]. The van der Waals surface area contributed by atoms with E-state index in [2.05, 4.69) is 34.3 Å². The van der Waals surface area contributed by atoms with Crippen molar-refractivity contribution in [1.82, 2.24) is 4.98 Å². The van der Waals surface area contributed by atoms with Crippen molar-refractivity contribution in [2.24, 2.45) is 0 Å². The Morgan fingerprint density at radius 3 is 2.68 bits per heavy atom. The minimum atomic E-state index is -0.692. The minimum absolute atomic E-state index is 0.0104. The number of carbonyl (C=O) groups is 1. The number of hydrogen-bond acceptors (Lipinski definition) is 5. The molecule has 2 aromatic carbocycles. The van der Waals surface area contributed by atoms with Crippen LogP contribution in [0.25, 0.3) is 10.9 Å². The van der Waals surface area contributed by atoms with Crippen LogP contribution < -0.4 is 4.90 Å². The van der Waals surface area contributed by atoms with Gasteiger partial charge in [0, 0.05) is 41.9 Å². The highest BCUT2D eigenvalue weighted by Crippen LogP contribution is 2.35. The predicted octanol–water partition coefficient (Wildman–Crippen LogP) is 4.25. The van der Waals surface area contributed by atoms with Crippen LogP contribution >= 0.6 is 0 Å². The zero-order valence-electron chi connectivity index (χ0n) is 15.6. The molecule has 1 saturated heterocycles. The maximum Gasteiger partial charge on any atom is 0.344 e. The molecule has 7 nitrogen and oxygen atoms in total. The van der Waals surface area contributed by atoms with Crippen molar-refractivity contribution in [3.8, 4) is 0 Å². The summed E-state index contributed by atoms with van der Waals surface area (Å²) in [7, 11) is 1.23. The largest absolute Gasteiger partial charge is 0.465 e. The maximum atomic E-state index is 12.0. The number of anilines is 1. The molecule has 1 fully saturated rings. The zero-order valence-corrected chi connectivity index (χ0v) is 15.6. The smallest absolute Gasteiger partial charge is 0.344 e. The number of rotatable bonds is 4. The number of para-hydroxylation sites is 1. The third-order valence-corrected chi connectivity index (χ3v) is 5.50. The van der Waals surface area contributed by atoms with Crippen molar-refractivity contribution in [3.05, 3.63) is 69.9 Å². The first-order chi connectivity index (χ1) is 13.6. The molecule has 2 heterocycles. The van der Waals surface area contributed by atoms with Crippen LogP contribution in [0.3, 0.4) is 0 Å². The number of esters is 1. The van der Waals surface area contributed by atoms with Gasteiger partial charge in [0.1, 0.15) is 5.56 Å². The van der Waals surface area contributed by atoms with Gasteiger partial charge in [-0.05, 0) is 42.5 Å². The summed E-state index contributed by atoms with van der Waals surface area (Å²) in [6.45, 7) is 1.64. The zero-order chi connectivity index (χ0) is 19.7. The fraction of sp³-hybridized carbons (Fsp3) is 0.286. The van der Waals surface area contributed by atoms with Gasteiger partial charge >= 0.3 is 5.97 Å². The highest BCUT2D eigenvalue weighted by atomic mass is 16.6. The van der Waals surface area contributed by atoms with E-state index >= 15 is 0 Å². The van der Waals surface area contributed by atoms with E-state index in [1.165, 1.54) is 24.1 Å². The molecule has 4 rings (SSSR count). The number of nitrogens with zero attached hydrogens (tertiary/aromatic N) is 2. The molecule has 0 radical (unpaired) electrons. The fourth-order valence-electron chi connectivity index (χ4n) is 4.03. The Balaban J connectivity index is 1.53. The first-order valence-electron chi connectivity index (χ1n) is 9.26. The molecule has 28 heavy (non-hydrogen) atoms. The first-order valence-corrected chi connectivity index (χ1v) is 9.26. The van der Waals surface area contributed by atoms with Gasteiger partial charge in [0.05, 0.1) is 12.0 Å². The van der Waals surface area contributed by atoms with E-state index in [0.717, 1.165) is 37.1 Å². The number of H-pyrrole nitrogens is 1. The second-order valence-corrected chi connectivity index (χ2v) is 7.00.